The van der Waals surface area contributed by atoms with E-state index in [4.69, 9.17) is 9.05 Å². The number of likely N-dealkylation sites (N-methyl/N-ethyl adjacent to an activating group) is 1. The molecule has 8 nitrogen and oxygen atoms in total. The summed E-state index contributed by atoms with van der Waals surface area (Å²) in [4.78, 5) is 25.5. The van der Waals surface area contributed by atoms with Crippen LogP contribution in [0.2, 0.25) is 0 Å². The highest BCUT2D eigenvalue weighted by molar-refractivity contribution is 7.45. The molecule has 72 heavy (non-hydrogen) atoms. The Hall–Kier alpha value is -3.36. The normalized spacial score (nSPS) is 14.9. The number of aliphatic hydroxyl groups is 1. The van der Waals surface area contributed by atoms with Crippen LogP contribution in [0, 0.1) is 0 Å². The monoisotopic (exact) mass is 1020 g/mol. The van der Waals surface area contributed by atoms with Gasteiger partial charge in [-0.25, -0.2) is 0 Å². The van der Waals surface area contributed by atoms with Gasteiger partial charge in [0.2, 0.25) is 5.91 Å². The van der Waals surface area contributed by atoms with Crippen molar-refractivity contribution in [3.8, 4) is 0 Å². The third-order valence-electron chi connectivity index (χ3n) is 11.8. The fraction of sp³-hybridized carbons (Fsp3) is 0.635. The molecule has 1 amide bonds. The van der Waals surface area contributed by atoms with Crippen molar-refractivity contribution in [3.63, 3.8) is 0 Å². The standard InChI is InChI=1S/C63H107N2O6P/c1-6-8-10-12-14-16-18-20-22-23-24-25-26-27-28-29-30-31-32-33-34-35-36-37-38-39-40-41-43-45-47-49-51-53-55-57-63(67)64-61(60-71-72(68,69)70-59-58-65(3,4)5)62(66)56-54-52-50-48-46-44-42-21-19-17-15-13-11-9-7-2/h8,10,14,16,20,22,24-25,27-28,30-31,33-34,36-37,39-40,46,48,54,56,61-62,66H,6-7,9,11-13,15,17-19,21,23,26,29,32,35,38,41-45,47,49-53,55,57-60H2,1-5H3,(H-,64,67,68,69)/b10-8-,16-14-,22-20-,25-24-,28-27-,31-30-,34-33-,37-36-,40-39-,48-46+,56-54+. The number of aliphatic hydroxyl groups excluding tert-OH is 1. The molecule has 0 aromatic heterocycles. The Kier molecular flexibility index (Phi) is 50.1. The minimum atomic E-state index is -4.61. The summed E-state index contributed by atoms with van der Waals surface area (Å²) < 4.78 is 23.3. The van der Waals surface area contributed by atoms with Gasteiger partial charge in [0, 0.05) is 6.42 Å². The van der Waals surface area contributed by atoms with E-state index < -0.39 is 26.6 Å². The number of hydrogen-bond donors (Lipinski definition) is 2. The molecule has 0 aliphatic rings. The van der Waals surface area contributed by atoms with Gasteiger partial charge < -0.3 is 28.8 Å². The third-order valence-corrected chi connectivity index (χ3v) is 12.8. The molecule has 9 heteroatoms. The van der Waals surface area contributed by atoms with Crippen molar-refractivity contribution in [1.29, 1.82) is 0 Å². The highest BCUT2D eigenvalue weighted by Gasteiger charge is 2.23. The Morgan fingerprint density at radius 1 is 0.500 bits per heavy atom. The number of quaternary nitrogens is 1. The van der Waals surface area contributed by atoms with E-state index in [1.807, 2.05) is 27.2 Å². The van der Waals surface area contributed by atoms with Crippen LogP contribution < -0.4 is 10.2 Å². The molecule has 0 radical (unpaired) electrons. The number of phosphoric ester groups is 1. The van der Waals surface area contributed by atoms with Crippen molar-refractivity contribution < 1.29 is 32.9 Å². The second-order valence-electron chi connectivity index (χ2n) is 19.9. The molecule has 0 spiro atoms. The zero-order valence-electron chi connectivity index (χ0n) is 46.6. The highest BCUT2D eigenvalue weighted by Crippen LogP contribution is 2.38. The molecular weight excluding hydrogens is 912 g/mol. The highest BCUT2D eigenvalue weighted by atomic mass is 31.2. The van der Waals surface area contributed by atoms with Crippen LogP contribution in [0.1, 0.15) is 206 Å². The number of allylic oxidation sites excluding steroid dienone is 21. The minimum Gasteiger partial charge on any atom is -0.756 e. The van der Waals surface area contributed by atoms with Gasteiger partial charge in [0.25, 0.3) is 7.82 Å². The number of nitrogens with one attached hydrogen (secondary N) is 1. The van der Waals surface area contributed by atoms with Gasteiger partial charge >= 0.3 is 0 Å². The molecule has 0 rings (SSSR count). The summed E-state index contributed by atoms with van der Waals surface area (Å²) >= 11 is 0. The third kappa shape index (κ3) is 54.4. The predicted molar refractivity (Wildman–Crippen MR) is 311 cm³/mol. The Bertz CT molecular complexity index is 1630. The maximum atomic E-state index is 12.9. The van der Waals surface area contributed by atoms with Gasteiger partial charge in [-0.05, 0) is 103 Å². The molecule has 3 atom stereocenters. The van der Waals surface area contributed by atoms with Gasteiger partial charge in [-0.15, -0.1) is 0 Å². The number of hydrogen-bond acceptors (Lipinski definition) is 6. The second kappa shape index (κ2) is 52.5. The first-order valence-corrected chi connectivity index (χ1v) is 30.0. The summed E-state index contributed by atoms with van der Waals surface area (Å²) in [5.41, 5.74) is 0. The van der Waals surface area contributed by atoms with Crippen molar-refractivity contribution in [2.45, 2.75) is 219 Å². The van der Waals surface area contributed by atoms with Gasteiger partial charge in [-0.2, -0.15) is 0 Å². The van der Waals surface area contributed by atoms with Gasteiger partial charge in [0.1, 0.15) is 13.2 Å². The van der Waals surface area contributed by atoms with Crippen molar-refractivity contribution >= 4 is 13.7 Å². The first kappa shape index (κ1) is 68.6. The van der Waals surface area contributed by atoms with E-state index in [1.165, 1.54) is 77.0 Å². The molecule has 0 bridgehead atoms. The predicted octanol–water partition coefficient (Wildman–Crippen LogP) is 16.9. The molecule has 0 aromatic rings. The largest absolute Gasteiger partial charge is 0.756 e. The van der Waals surface area contributed by atoms with E-state index in [0.717, 1.165) is 109 Å². The minimum absolute atomic E-state index is 0.0158. The average molecular weight is 1020 g/mol. The van der Waals surface area contributed by atoms with Crippen molar-refractivity contribution in [1.82, 2.24) is 5.32 Å². The lowest BCUT2D eigenvalue weighted by atomic mass is 10.1. The van der Waals surface area contributed by atoms with Gasteiger partial charge in [0.05, 0.1) is 39.9 Å². The Morgan fingerprint density at radius 2 is 0.861 bits per heavy atom. The van der Waals surface area contributed by atoms with Crippen LogP contribution in [-0.4, -0.2) is 68.5 Å². The summed E-state index contributed by atoms with van der Waals surface area (Å²) in [6, 6.07) is -0.919. The van der Waals surface area contributed by atoms with Gasteiger partial charge in [-0.1, -0.05) is 231 Å². The molecule has 0 aliphatic heterocycles. The molecule has 0 aliphatic carbocycles. The van der Waals surface area contributed by atoms with E-state index in [9.17, 15) is 19.4 Å². The molecule has 0 saturated carbocycles. The van der Waals surface area contributed by atoms with Crippen molar-refractivity contribution in [2.75, 3.05) is 40.9 Å². The van der Waals surface area contributed by atoms with Crippen LogP contribution >= 0.6 is 7.82 Å². The van der Waals surface area contributed by atoms with Crippen molar-refractivity contribution in [3.05, 3.63) is 134 Å². The van der Waals surface area contributed by atoms with Crippen LogP contribution in [0.15, 0.2) is 134 Å². The lowest BCUT2D eigenvalue weighted by Gasteiger charge is -2.29. The molecule has 0 saturated heterocycles. The number of phosphoric acid groups is 1. The van der Waals surface area contributed by atoms with Gasteiger partial charge in [-0.3, -0.25) is 9.36 Å². The van der Waals surface area contributed by atoms with E-state index in [2.05, 4.69) is 141 Å². The second-order valence-corrected chi connectivity index (χ2v) is 21.3. The smallest absolute Gasteiger partial charge is 0.268 e. The Morgan fingerprint density at radius 3 is 1.29 bits per heavy atom. The lowest BCUT2D eigenvalue weighted by molar-refractivity contribution is -0.870. The average Bonchev–Trinajstić information content (AvgIpc) is 3.34. The number of amides is 1. The van der Waals surface area contributed by atoms with Gasteiger partial charge in [0.15, 0.2) is 0 Å². The quantitative estimate of drug-likeness (QED) is 0.0272. The van der Waals surface area contributed by atoms with E-state index in [1.54, 1.807) is 6.08 Å². The first-order valence-electron chi connectivity index (χ1n) is 28.5. The number of carbonyl (C=O) groups is 1. The molecule has 410 valence electrons. The Labute approximate surface area is 443 Å². The fourth-order valence-electron chi connectivity index (χ4n) is 7.39. The summed E-state index contributed by atoms with van der Waals surface area (Å²) in [5, 5.41) is 13.8. The van der Waals surface area contributed by atoms with E-state index in [0.29, 0.717) is 17.4 Å². The number of nitrogens with zero attached hydrogens (tertiary/aromatic N) is 1. The maximum absolute atomic E-state index is 12.9. The number of rotatable bonds is 50. The zero-order valence-corrected chi connectivity index (χ0v) is 47.5. The molecule has 0 fully saturated rings. The topological polar surface area (TPSA) is 108 Å². The van der Waals surface area contributed by atoms with E-state index in [-0.39, 0.29) is 12.5 Å². The summed E-state index contributed by atoms with van der Waals surface area (Å²) in [5.74, 6) is -0.225. The van der Waals surface area contributed by atoms with Crippen LogP contribution in [0.25, 0.3) is 0 Å². The SMILES string of the molecule is CC/C=C\C/C=C\C/C=C\C/C=C\C/C=C\C/C=C\C/C=C\C/C=C\C/C=C\CCCCCCCCCC(=O)NC(COP(=O)([O-])OCC[N+](C)(C)C)C(O)/C=C/CC/C=C/CCCCCCCCCCC. The number of carbonyl (C=O) groups excluding carboxylic acids is 1. The van der Waals surface area contributed by atoms with Crippen LogP contribution in [0.3, 0.4) is 0 Å². The van der Waals surface area contributed by atoms with E-state index >= 15 is 0 Å². The molecule has 0 heterocycles. The van der Waals surface area contributed by atoms with Crippen LogP contribution in [-0.2, 0) is 18.4 Å². The Balaban J connectivity index is 4.24. The summed E-state index contributed by atoms with van der Waals surface area (Å²) in [6.07, 6.45) is 79.5. The zero-order chi connectivity index (χ0) is 52.7. The maximum Gasteiger partial charge on any atom is 0.268 e. The summed E-state index contributed by atoms with van der Waals surface area (Å²) in [7, 11) is 1.21. The van der Waals surface area contributed by atoms with Crippen molar-refractivity contribution in [2.24, 2.45) is 0 Å². The molecule has 2 N–H and O–H groups in total. The molecule has 3 unspecified atom stereocenters. The number of unbranched alkanes of at least 4 members (excludes halogenated alkanes) is 17. The van der Waals surface area contributed by atoms with Crippen LogP contribution in [0.4, 0.5) is 0 Å². The van der Waals surface area contributed by atoms with Crippen LogP contribution in [0.5, 0.6) is 0 Å². The summed E-state index contributed by atoms with van der Waals surface area (Å²) in [6.45, 7) is 4.48. The first-order chi connectivity index (χ1) is 35.0. The molecule has 0 aromatic carbocycles. The lowest BCUT2D eigenvalue weighted by Crippen LogP contribution is -2.45. The fourth-order valence-corrected chi connectivity index (χ4v) is 8.12. The molecular formula is C63H107N2O6P.